The Balaban J connectivity index is 2.05. The molecule has 156 valence electrons. The number of hydrogen-bond donors (Lipinski definition) is 2. The van der Waals surface area contributed by atoms with Gasteiger partial charge in [-0.15, -0.1) is 0 Å². The van der Waals surface area contributed by atoms with E-state index in [9.17, 15) is 31.5 Å². The largest absolute Gasteiger partial charge is 0.476 e. The lowest BCUT2D eigenvalue weighted by molar-refractivity contribution is -0.140. The second kappa shape index (κ2) is 7.40. The molecule has 1 saturated heterocycles. The van der Waals surface area contributed by atoms with Crippen molar-refractivity contribution >= 4 is 12.0 Å². The summed E-state index contributed by atoms with van der Waals surface area (Å²) < 4.78 is 71.7. The summed E-state index contributed by atoms with van der Waals surface area (Å²) in [6.45, 7) is 0.345. The molecule has 7 nitrogen and oxygen atoms in total. The van der Waals surface area contributed by atoms with Gasteiger partial charge in [0.2, 0.25) is 11.8 Å². The predicted octanol–water partition coefficient (Wildman–Crippen LogP) is 2.62. The lowest BCUT2D eigenvalue weighted by Crippen LogP contribution is -2.52. The van der Waals surface area contributed by atoms with Crippen molar-refractivity contribution in [1.29, 1.82) is 0 Å². The molecule has 1 unspecified atom stereocenters. The predicted molar refractivity (Wildman–Crippen MR) is 85.0 cm³/mol. The Labute approximate surface area is 156 Å². The molecule has 2 N–H and O–H groups in total. The number of pyridine rings is 1. The number of likely N-dealkylation sites (tertiary alicyclic amines) is 1. The van der Waals surface area contributed by atoms with Crippen LogP contribution in [0.1, 0.15) is 19.4 Å². The maximum atomic E-state index is 13.9. The Hall–Kier alpha value is -2.66. The van der Waals surface area contributed by atoms with E-state index in [1.165, 1.54) is 13.8 Å². The number of nitrogens with zero attached hydrogens (tertiary/aromatic N) is 2. The number of hydrogen-bond acceptors (Lipinski definition) is 4. The van der Waals surface area contributed by atoms with Gasteiger partial charge in [0.05, 0.1) is 18.5 Å². The average molecular weight is 411 g/mol. The summed E-state index contributed by atoms with van der Waals surface area (Å²) in [5, 5.41) is 10.9. The molecule has 0 bridgehead atoms. The van der Waals surface area contributed by atoms with Crippen LogP contribution in [0.3, 0.4) is 0 Å². The molecule has 1 aliphatic heterocycles. The van der Waals surface area contributed by atoms with Crippen LogP contribution < -0.4 is 10.1 Å². The molecule has 1 aromatic rings. The first-order valence-electron chi connectivity index (χ1n) is 8.06. The zero-order valence-electron chi connectivity index (χ0n) is 14.9. The number of ether oxygens (including phenoxy) is 1. The number of carbonyl (C=O) groups excluding carboxylic acids is 1. The summed E-state index contributed by atoms with van der Waals surface area (Å²) in [7, 11) is 0. The monoisotopic (exact) mass is 411 g/mol. The summed E-state index contributed by atoms with van der Waals surface area (Å²) in [6, 6.07) is 0.0785. The van der Waals surface area contributed by atoms with Gasteiger partial charge >= 0.3 is 12.3 Å². The highest BCUT2D eigenvalue weighted by atomic mass is 19.4. The van der Waals surface area contributed by atoms with Crippen molar-refractivity contribution < 1.29 is 41.4 Å². The van der Waals surface area contributed by atoms with Gasteiger partial charge in [-0.05, 0) is 26.0 Å². The van der Waals surface area contributed by atoms with Crippen LogP contribution in [0.4, 0.5) is 26.7 Å². The topological polar surface area (TPSA) is 91.8 Å². The first kappa shape index (κ1) is 21.6. The third kappa shape index (κ3) is 4.78. The summed E-state index contributed by atoms with van der Waals surface area (Å²) in [5.74, 6) is -5.14. The average Bonchev–Trinajstić information content (AvgIpc) is 2.87. The van der Waals surface area contributed by atoms with Crippen molar-refractivity contribution in [3.63, 3.8) is 0 Å². The zero-order chi connectivity index (χ0) is 21.3. The van der Waals surface area contributed by atoms with Crippen LogP contribution >= 0.6 is 0 Å². The van der Waals surface area contributed by atoms with Gasteiger partial charge in [-0.2, -0.15) is 13.2 Å². The van der Waals surface area contributed by atoms with E-state index in [0.717, 1.165) is 18.3 Å². The second-order valence-electron chi connectivity index (χ2n) is 6.98. The number of nitrogens with one attached hydrogen (secondary N) is 1. The number of carbonyl (C=O) groups is 2. The molecule has 0 saturated carbocycles. The van der Waals surface area contributed by atoms with Gasteiger partial charge < -0.3 is 15.2 Å². The number of amides is 2. The summed E-state index contributed by atoms with van der Waals surface area (Å²) in [4.78, 5) is 27.2. The smallest absolute Gasteiger partial charge is 0.421 e. The number of carboxylic acid groups (broad SMARTS) is 1. The van der Waals surface area contributed by atoms with E-state index >= 15 is 0 Å². The minimum atomic E-state index is -4.72. The molecule has 0 spiro atoms. The molecule has 1 fully saturated rings. The first-order valence-corrected chi connectivity index (χ1v) is 8.06. The third-order valence-corrected chi connectivity index (χ3v) is 4.15. The second-order valence-corrected chi connectivity index (χ2v) is 6.98. The fraction of sp³-hybridized carbons (Fsp3) is 0.562. The van der Waals surface area contributed by atoms with E-state index in [4.69, 9.17) is 9.84 Å². The number of rotatable bonds is 5. The summed E-state index contributed by atoms with van der Waals surface area (Å²) in [5.41, 5.74) is -2.63. The number of alkyl halides is 5. The third-order valence-electron chi connectivity index (χ3n) is 4.15. The lowest BCUT2D eigenvalue weighted by Gasteiger charge is -2.27. The van der Waals surface area contributed by atoms with E-state index in [0.29, 0.717) is 4.90 Å². The van der Waals surface area contributed by atoms with Gasteiger partial charge in [-0.1, -0.05) is 0 Å². The van der Waals surface area contributed by atoms with E-state index in [2.05, 4.69) is 10.3 Å². The fourth-order valence-electron chi connectivity index (χ4n) is 2.47. The van der Waals surface area contributed by atoms with Gasteiger partial charge in [-0.25, -0.2) is 18.6 Å². The molecule has 0 aromatic carbocycles. The molecule has 28 heavy (non-hydrogen) atoms. The highest BCUT2D eigenvalue weighted by Gasteiger charge is 2.51. The highest BCUT2D eigenvalue weighted by Crippen LogP contribution is 2.35. The molecule has 1 aliphatic rings. The SMILES string of the molecule is CC(C)(COc1ncccc1C(F)(F)F)C(=O)NC1CN(C(=O)O)CC1(F)F. The van der Waals surface area contributed by atoms with E-state index in [-0.39, 0.29) is 0 Å². The van der Waals surface area contributed by atoms with Crippen molar-refractivity contribution in [2.45, 2.75) is 32.0 Å². The Morgan fingerprint density at radius 1 is 1.39 bits per heavy atom. The molecule has 12 heteroatoms. The molecular formula is C16H18F5N3O4. The maximum Gasteiger partial charge on any atom is 0.421 e. The van der Waals surface area contributed by atoms with E-state index in [1.807, 2.05) is 0 Å². The van der Waals surface area contributed by atoms with Crippen LogP contribution in [0.2, 0.25) is 0 Å². The Bertz CT molecular complexity index is 754. The summed E-state index contributed by atoms with van der Waals surface area (Å²) >= 11 is 0. The van der Waals surface area contributed by atoms with Crippen LogP contribution in [0.15, 0.2) is 18.3 Å². The highest BCUT2D eigenvalue weighted by molar-refractivity contribution is 5.82. The molecule has 2 heterocycles. The molecule has 0 radical (unpaired) electrons. The van der Waals surface area contributed by atoms with Crippen molar-refractivity contribution in [3.8, 4) is 5.88 Å². The Morgan fingerprint density at radius 2 is 2.04 bits per heavy atom. The molecule has 2 rings (SSSR count). The van der Waals surface area contributed by atoms with Crippen molar-refractivity contribution in [2.75, 3.05) is 19.7 Å². The minimum Gasteiger partial charge on any atom is -0.476 e. The van der Waals surface area contributed by atoms with Gasteiger partial charge in [-0.3, -0.25) is 9.69 Å². The van der Waals surface area contributed by atoms with Crippen molar-refractivity contribution in [3.05, 3.63) is 23.9 Å². The molecule has 0 aliphatic carbocycles. The summed E-state index contributed by atoms with van der Waals surface area (Å²) in [6.07, 6.45) is -5.19. The quantitative estimate of drug-likeness (QED) is 0.727. The Kier molecular flexibility index (Phi) is 5.72. The van der Waals surface area contributed by atoms with Crippen LogP contribution in [-0.2, 0) is 11.0 Å². The van der Waals surface area contributed by atoms with Gasteiger partial charge in [0, 0.05) is 6.20 Å². The fourth-order valence-corrected chi connectivity index (χ4v) is 2.47. The molecule has 2 amide bonds. The first-order chi connectivity index (χ1) is 12.7. The zero-order valence-corrected chi connectivity index (χ0v) is 14.9. The number of aromatic nitrogens is 1. The standard InChI is InChI=1S/C16H18F5N3O4/c1-14(2,8-28-11-9(16(19,20)21)4-3-5-22-11)12(25)23-10-6-24(13(26)27)7-15(10,17)18/h3-5,10H,6-8H2,1-2H3,(H,23,25)(H,26,27). The lowest BCUT2D eigenvalue weighted by atomic mass is 9.93. The van der Waals surface area contributed by atoms with Crippen LogP contribution in [0.5, 0.6) is 5.88 Å². The molecule has 1 aromatic heterocycles. The molecule has 1 atom stereocenters. The van der Waals surface area contributed by atoms with E-state index in [1.54, 1.807) is 0 Å². The van der Waals surface area contributed by atoms with Crippen LogP contribution in [0, 0.1) is 5.41 Å². The van der Waals surface area contributed by atoms with Gasteiger partial charge in [0.25, 0.3) is 5.92 Å². The van der Waals surface area contributed by atoms with E-state index < -0.39 is 66.7 Å². The van der Waals surface area contributed by atoms with Gasteiger partial charge in [0.1, 0.15) is 18.2 Å². The van der Waals surface area contributed by atoms with Gasteiger partial charge in [0.15, 0.2) is 0 Å². The van der Waals surface area contributed by atoms with Crippen molar-refractivity contribution in [1.82, 2.24) is 15.2 Å². The Morgan fingerprint density at radius 3 is 2.57 bits per heavy atom. The minimum absolute atomic E-state index is 0.470. The van der Waals surface area contributed by atoms with Crippen LogP contribution in [0.25, 0.3) is 0 Å². The normalized spacial score (nSPS) is 19.4. The number of halogens is 5. The van der Waals surface area contributed by atoms with Crippen LogP contribution in [-0.4, -0.2) is 58.7 Å². The maximum absolute atomic E-state index is 13.9. The molecular weight excluding hydrogens is 393 g/mol. The van der Waals surface area contributed by atoms with Crippen molar-refractivity contribution in [2.24, 2.45) is 5.41 Å².